The molecule has 0 aliphatic rings. The number of para-hydroxylation sites is 1. The van der Waals surface area contributed by atoms with Gasteiger partial charge in [-0.05, 0) is 18.1 Å². The average molecular weight is 277 g/mol. The minimum absolute atomic E-state index is 0.0320. The summed E-state index contributed by atoms with van der Waals surface area (Å²) in [6, 6.07) is 7.60. The van der Waals surface area contributed by atoms with E-state index in [1.54, 1.807) is 6.07 Å². The van der Waals surface area contributed by atoms with Crippen LogP contribution in [0.3, 0.4) is 0 Å². The predicted molar refractivity (Wildman–Crippen MR) is 70.2 cm³/mol. The first-order valence-electron chi connectivity index (χ1n) is 5.97. The van der Waals surface area contributed by atoms with Gasteiger partial charge in [-0.3, -0.25) is 0 Å². The van der Waals surface area contributed by atoms with Crippen molar-refractivity contribution in [3.8, 4) is 23.8 Å². The summed E-state index contributed by atoms with van der Waals surface area (Å²) >= 11 is 0. The Hall–Kier alpha value is -2.41. The third-order valence-electron chi connectivity index (χ3n) is 2.49. The Morgan fingerprint density at radius 3 is 2.15 bits per heavy atom. The highest BCUT2D eigenvalue weighted by Crippen LogP contribution is 2.25. The van der Waals surface area contributed by atoms with Crippen molar-refractivity contribution < 1.29 is 19.3 Å². The van der Waals surface area contributed by atoms with E-state index in [2.05, 4.69) is 15.0 Å². The fourth-order valence-corrected chi connectivity index (χ4v) is 1.58. The molecule has 106 valence electrons. The maximum atomic E-state index is 9.04. The standard InChI is InChI=1S/C13H15N3O4/c1-18-11-14-12(19-2)16-13(15-11)20-10-6-4-3-5-9(10)7-8-17/h3-6,17H,7-8H2,1-2H3. The van der Waals surface area contributed by atoms with Gasteiger partial charge in [0, 0.05) is 6.61 Å². The summed E-state index contributed by atoms with van der Waals surface area (Å²) in [5.74, 6) is 0.567. The van der Waals surface area contributed by atoms with Gasteiger partial charge in [0.15, 0.2) is 0 Å². The highest BCUT2D eigenvalue weighted by molar-refractivity contribution is 5.35. The molecule has 7 nitrogen and oxygen atoms in total. The lowest BCUT2D eigenvalue weighted by Crippen LogP contribution is -2.02. The molecule has 1 N–H and O–H groups in total. The van der Waals surface area contributed by atoms with Crippen molar-refractivity contribution in [2.45, 2.75) is 6.42 Å². The highest BCUT2D eigenvalue weighted by Gasteiger charge is 2.11. The Morgan fingerprint density at radius 1 is 0.950 bits per heavy atom. The number of benzene rings is 1. The van der Waals surface area contributed by atoms with Crippen molar-refractivity contribution in [2.24, 2.45) is 0 Å². The van der Waals surface area contributed by atoms with Gasteiger partial charge in [-0.15, -0.1) is 15.0 Å². The van der Waals surface area contributed by atoms with Crippen LogP contribution in [0.2, 0.25) is 0 Å². The lowest BCUT2D eigenvalue weighted by Gasteiger charge is -2.09. The second-order valence-corrected chi connectivity index (χ2v) is 3.77. The lowest BCUT2D eigenvalue weighted by molar-refractivity contribution is 0.296. The summed E-state index contributed by atoms with van der Waals surface area (Å²) in [7, 11) is 2.89. The molecule has 0 spiro atoms. The number of hydrogen-bond donors (Lipinski definition) is 1. The van der Waals surface area contributed by atoms with Gasteiger partial charge >= 0.3 is 18.0 Å². The zero-order chi connectivity index (χ0) is 14.4. The molecule has 1 heterocycles. The molecule has 1 aromatic heterocycles. The van der Waals surface area contributed by atoms with E-state index in [1.807, 2.05) is 18.2 Å². The minimum Gasteiger partial charge on any atom is -0.467 e. The Kier molecular flexibility index (Phi) is 4.67. The Bertz CT molecular complexity index is 555. The molecule has 0 fully saturated rings. The topological polar surface area (TPSA) is 86.6 Å². The van der Waals surface area contributed by atoms with Gasteiger partial charge in [0.2, 0.25) is 0 Å². The molecule has 1 aromatic carbocycles. The fraction of sp³-hybridized carbons (Fsp3) is 0.308. The number of aliphatic hydroxyl groups excluding tert-OH is 1. The number of aromatic nitrogens is 3. The van der Waals surface area contributed by atoms with E-state index >= 15 is 0 Å². The first-order chi connectivity index (χ1) is 9.76. The minimum atomic E-state index is 0.0320. The fourth-order valence-electron chi connectivity index (χ4n) is 1.58. The molecule has 20 heavy (non-hydrogen) atoms. The molecule has 0 radical (unpaired) electrons. The van der Waals surface area contributed by atoms with Crippen molar-refractivity contribution in [3.63, 3.8) is 0 Å². The summed E-state index contributed by atoms with van der Waals surface area (Å²) in [5, 5.41) is 9.04. The summed E-state index contributed by atoms with van der Waals surface area (Å²) in [6.45, 7) is 0.0320. The number of nitrogens with zero attached hydrogens (tertiary/aromatic N) is 3. The summed E-state index contributed by atoms with van der Waals surface area (Å²) < 4.78 is 15.5. The number of methoxy groups -OCH3 is 2. The molecular weight excluding hydrogens is 262 g/mol. The molecule has 0 amide bonds. The van der Waals surface area contributed by atoms with Crippen LogP contribution >= 0.6 is 0 Å². The summed E-state index contributed by atoms with van der Waals surface area (Å²) in [4.78, 5) is 11.9. The van der Waals surface area contributed by atoms with Crippen LogP contribution < -0.4 is 14.2 Å². The van der Waals surface area contributed by atoms with Gasteiger partial charge in [-0.2, -0.15) is 0 Å². The highest BCUT2D eigenvalue weighted by atomic mass is 16.5. The van der Waals surface area contributed by atoms with Crippen LogP contribution in [-0.2, 0) is 6.42 Å². The van der Waals surface area contributed by atoms with E-state index < -0.39 is 0 Å². The quantitative estimate of drug-likeness (QED) is 0.849. The first-order valence-corrected chi connectivity index (χ1v) is 5.97. The van der Waals surface area contributed by atoms with Crippen LogP contribution in [0, 0.1) is 0 Å². The predicted octanol–water partition coefficient (Wildman–Crippen LogP) is 1.22. The van der Waals surface area contributed by atoms with Gasteiger partial charge < -0.3 is 19.3 Å². The van der Waals surface area contributed by atoms with Crippen LogP contribution in [-0.4, -0.2) is 40.9 Å². The monoisotopic (exact) mass is 277 g/mol. The first kappa shape index (κ1) is 14.0. The SMILES string of the molecule is COc1nc(OC)nc(Oc2ccccc2CCO)n1. The van der Waals surface area contributed by atoms with Gasteiger partial charge in [-0.1, -0.05) is 18.2 Å². The summed E-state index contributed by atoms with van der Waals surface area (Å²) in [6.07, 6.45) is 0.482. The number of hydrogen-bond acceptors (Lipinski definition) is 7. The van der Waals surface area contributed by atoms with Crippen LogP contribution in [0.4, 0.5) is 0 Å². The molecule has 7 heteroatoms. The maximum Gasteiger partial charge on any atom is 0.331 e. The van der Waals surface area contributed by atoms with E-state index in [4.69, 9.17) is 19.3 Å². The van der Waals surface area contributed by atoms with Gasteiger partial charge in [0.25, 0.3) is 0 Å². The maximum absolute atomic E-state index is 9.04. The van der Waals surface area contributed by atoms with Crippen LogP contribution in [0.15, 0.2) is 24.3 Å². The molecule has 0 aliphatic heterocycles. The second kappa shape index (κ2) is 6.67. The molecule has 0 unspecified atom stereocenters. The lowest BCUT2D eigenvalue weighted by atomic mass is 10.1. The Labute approximate surface area is 116 Å². The van der Waals surface area contributed by atoms with Crippen molar-refractivity contribution in [3.05, 3.63) is 29.8 Å². The zero-order valence-electron chi connectivity index (χ0n) is 11.2. The van der Waals surface area contributed by atoms with E-state index in [-0.39, 0.29) is 24.6 Å². The zero-order valence-corrected chi connectivity index (χ0v) is 11.2. The number of rotatable bonds is 6. The van der Waals surface area contributed by atoms with E-state index in [0.717, 1.165) is 5.56 Å². The molecule has 2 rings (SSSR count). The molecular formula is C13H15N3O4. The number of ether oxygens (including phenoxy) is 3. The van der Waals surface area contributed by atoms with E-state index in [1.165, 1.54) is 14.2 Å². The Morgan fingerprint density at radius 2 is 1.55 bits per heavy atom. The van der Waals surface area contributed by atoms with E-state index in [9.17, 15) is 0 Å². The molecule has 2 aromatic rings. The molecule has 0 aliphatic carbocycles. The van der Waals surface area contributed by atoms with Gasteiger partial charge in [0.1, 0.15) is 5.75 Å². The molecule has 0 bridgehead atoms. The van der Waals surface area contributed by atoms with E-state index in [0.29, 0.717) is 12.2 Å². The van der Waals surface area contributed by atoms with Crippen molar-refractivity contribution in [1.82, 2.24) is 15.0 Å². The molecule has 0 saturated heterocycles. The normalized spacial score (nSPS) is 10.2. The van der Waals surface area contributed by atoms with Crippen LogP contribution in [0.25, 0.3) is 0 Å². The summed E-state index contributed by atoms with van der Waals surface area (Å²) in [5.41, 5.74) is 0.855. The van der Waals surface area contributed by atoms with Crippen LogP contribution in [0.1, 0.15) is 5.56 Å². The third kappa shape index (κ3) is 3.33. The van der Waals surface area contributed by atoms with Crippen LogP contribution in [0.5, 0.6) is 23.8 Å². The second-order valence-electron chi connectivity index (χ2n) is 3.77. The van der Waals surface area contributed by atoms with Crippen molar-refractivity contribution in [2.75, 3.05) is 20.8 Å². The average Bonchev–Trinajstić information content (AvgIpc) is 2.49. The van der Waals surface area contributed by atoms with Crippen molar-refractivity contribution >= 4 is 0 Å². The van der Waals surface area contributed by atoms with Crippen molar-refractivity contribution in [1.29, 1.82) is 0 Å². The van der Waals surface area contributed by atoms with Gasteiger partial charge in [-0.25, -0.2) is 0 Å². The largest absolute Gasteiger partial charge is 0.467 e. The Balaban J connectivity index is 2.29. The third-order valence-corrected chi connectivity index (χ3v) is 2.49. The molecule has 0 saturated carbocycles. The van der Waals surface area contributed by atoms with Gasteiger partial charge in [0.05, 0.1) is 14.2 Å². The molecule has 0 atom stereocenters. The smallest absolute Gasteiger partial charge is 0.331 e. The number of aliphatic hydroxyl groups is 1.